The lowest BCUT2D eigenvalue weighted by molar-refractivity contribution is 0.171. The third kappa shape index (κ3) is 2.86. The van der Waals surface area contributed by atoms with E-state index in [1.165, 1.54) is 0 Å². The maximum atomic E-state index is 5.51. The highest BCUT2D eigenvalue weighted by molar-refractivity contribution is 5.55. The molecular weight excluding hydrogens is 232 g/mol. The lowest BCUT2D eigenvalue weighted by atomic mass is 10.1. The van der Waals surface area contributed by atoms with Crippen molar-refractivity contribution in [3.8, 4) is 17.2 Å². The number of nitrogens with two attached hydrogens (primary N) is 1. The second-order valence-corrected chi connectivity index (χ2v) is 4.41. The highest BCUT2D eigenvalue weighted by Crippen LogP contribution is 2.41. The average Bonchev–Trinajstić information content (AvgIpc) is 2.83. The second kappa shape index (κ2) is 5.93. The van der Waals surface area contributed by atoms with E-state index in [-0.39, 0.29) is 6.79 Å². The minimum absolute atomic E-state index is 0.262. The zero-order valence-electron chi connectivity index (χ0n) is 10.9. The standard InChI is InChI=1S/C13H20N2O3/c1-15(5-3-4-14)8-10-6-11(16-2)13-12(7-10)17-9-18-13/h6-7H,3-5,8-9,14H2,1-2H3. The first-order valence-electron chi connectivity index (χ1n) is 6.09. The van der Waals surface area contributed by atoms with Crippen LogP contribution in [0.5, 0.6) is 17.2 Å². The van der Waals surface area contributed by atoms with Crippen molar-refractivity contribution in [1.82, 2.24) is 4.90 Å². The van der Waals surface area contributed by atoms with Gasteiger partial charge in [-0.3, -0.25) is 0 Å². The van der Waals surface area contributed by atoms with Gasteiger partial charge < -0.3 is 24.8 Å². The molecule has 0 aromatic heterocycles. The van der Waals surface area contributed by atoms with Crippen LogP contribution in [0.25, 0.3) is 0 Å². The number of fused-ring (bicyclic) bond motifs is 1. The van der Waals surface area contributed by atoms with Crippen LogP contribution >= 0.6 is 0 Å². The maximum absolute atomic E-state index is 5.51. The molecule has 100 valence electrons. The molecule has 0 amide bonds. The third-order valence-electron chi connectivity index (χ3n) is 2.91. The van der Waals surface area contributed by atoms with Crippen LogP contribution in [-0.4, -0.2) is 38.9 Å². The first-order valence-corrected chi connectivity index (χ1v) is 6.09. The van der Waals surface area contributed by atoms with E-state index in [0.29, 0.717) is 5.75 Å². The molecule has 0 bridgehead atoms. The predicted octanol–water partition coefficient (Wildman–Crippen LogP) is 1.20. The number of nitrogens with zero attached hydrogens (tertiary/aromatic N) is 1. The molecule has 1 heterocycles. The van der Waals surface area contributed by atoms with Gasteiger partial charge in [-0.05, 0) is 44.3 Å². The van der Waals surface area contributed by atoms with E-state index < -0.39 is 0 Å². The molecular formula is C13H20N2O3. The van der Waals surface area contributed by atoms with Gasteiger partial charge in [0.2, 0.25) is 12.5 Å². The summed E-state index contributed by atoms with van der Waals surface area (Å²) in [4.78, 5) is 2.23. The minimum atomic E-state index is 0.262. The summed E-state index contributed by atoms with van der Waals surface area (Å²) in [5.74, 6) is 2.19. The third-order valence-corrected chi connectivity index (χ3v) is 2.91. The highest BCUT2D eigenvalue weighted by atomic mass is 16.7. The van der Waals surface area contributed by atoms with Gasteiger partial charge in [-0.2, -0.15) is 0 Å². The minimum Gasteiger partial charge on any atom is -0.493 e. The van der Waals surface area contributed by atoms with E-state index in [0.717, 1.165) is 43.1 Å². The van der Waals surface area contributed by atoms with Crippen molar-refractivity contribution in [2.24, 2.45) is 5.73 Å². The van der Waals surface area contributed by atoms with E-state index in [1.54, 1.807) is 7.11 Å². The van der Waals surface area contributed by atoms with Crippen molar-refractivity contribution < 1.29 is 14.2 Å². The number of rotatable bonds is 6. The summed E-state index contributed by atoms with van der Waals surface area (Å²) >= 11 is 0. The summed E-state index contributed by atoms with van der Waals surface area (Å²) in [6.07, 6.45) is 0.998. The Morgan fingerprint density at radius 1 is 1.39 bits per heavy atom. The molecule has 0 atom stereocenters. The molecule has 2 rings (SSSR count). The van der Waals surface area contributed by atoms with E-state index in [9.17, 15) is 0 Å². The molecule has 0 spiro atoms. The molecule has 2 N–H and O–H groups in total. The molecule has 18 heavy (non-hydrogen) atoms. The molecule has 0 saturated carbocycles. The number of benzene rings is 1. The van der Waals surface area contributed by atoms with Gasteiger partial charge in [0.25, 0.3) is 0 Å². The van der Waals surface area contributed by atoms with E-state index in [1.807, 2.05) is 12.1 Å². The van der Waals surface area contributed by atoms with Crippen LogP contribution in [0.15, 0.2) is 12.1 Å². The fraction of sp³-hybridized carbons (Fsp3) is 0.538. The van der Waals surface area contributed by atoms with Crippen LogP contribution in [0.4, 0.5) is 0 Å². The van der Waals surface area contributed by atoms with Crippen LogP contribution in [-0.2, 0) is 6.54 Å². The van der Waals surface area contributed by atoms with Crippen LogP contribution in [0.3, 0.4) is 0 Å². The molecule has 0 aliphatic carbocycles. The first kappa shape index (κ1) is 13.0. The highest BCUT2D eigenvalue weighted by Gasteiger charge is 2.20. The fourth-order valence-electron chi connectivity index (χ4n) is 2.03. The van der Waals surface area contributed by atoms with Crippen LogP contribution in [0.2, 0.25) is 0 Å². The van der Waals surface area contributed by atoms with Gasteiger partial charge in [-0.1, -0.05) is 0 Å². The molecule has 0 saturated heterocycles. The number of ether oxygens (including phenoxy) is 3. The molecule has 5 nitrogen and oxygen atoms in total. The Balaban J connectivity index is 2.09. The zero-order chi connectivity index (χ0) is 13.0. The van der Waals surface area contributed by atoms with E-state index in [4.69, 9.17) is 19.9 Å². The summed E-state index contributed by atoms with van der Waals surface area (Å²) in [5, 5.41) is 0. The molecule has 1 aromatic rings. The van der Waals surface area contributed by atoms with Crippen molar-refractivity contribution in [1.29, 1.82) is 0 Å². The number of hydrogen-bond donors (Lipinski definition) is 1. The monoisotopic (exact) mass is 252 g/mol. The van der Waals surface area contributed by atoms with Crippen LogP contribution < -0.4 is 19.9 Å². The van der Waals surface area contributed by atoms with Gasteiger partial charge in [-0.25, -0.2) is 0 Å². The molecule has 5 heteroatoms. The lowest BCUT2D eigenvalue weighted by Crippen LogP contribution is -2.21. The Bertz CT molecular complexity index is 409. The maximum Gasteiger partial charge on any atom is 0.231 e. The molecule has 0 radical (unpaired) electrons. The first-order chi connectivity index (χ1) is 8.74. The second-order valence-electron chi connectivity index (χ2n) is 4.41. The molecule has 0 fully saturated rings. The summed E-state index contributed by atoms with van der Waals surface area (Å²) in [7, 11) is 3.71. The zero-order valence-corrected chi connectivity index (χ0v) is 10.9. The normalized spacial score (nSPS) is 13.1. The van der Waals surface area contributed by atoms with Gasteiger partial charge in [0, 0.05) is 6.54 Å². The number of hydrogen-bond acceptors (Lipinski definition) is 5. The topological polar surface area (TPSA) is 57.0 Å². The van der Waals surface area contributed by atoms with Gasteiger partial charge in [0.05, 0.1) is 7.11 Å². The van der Waals surface area contributed by atoms with Crippen molar-refractivity contribution in [3.63, 3.8) is 0 Å². The van der Waals surface area contributed by atoms with E-state index >= 15 is 0 Å². The summed E-state index contributed by atoms with van der Waals surface area (Å²) in [5.41, 5.74) is 6.66. The van der Waals surface area contributed by atoms with Crippen LogP contribution in [0.1, 0.15) is 12.0 Å². The molecule has 0 unspecified atom stereocenters. The largest absolute Gasteiger partial charge is 0.493 e. The van der Waals surface area contributed by atoms with E-state index in [2.05, 4.69) is 11.9 Å². The Kier molecular flexibility index (Phi) is 4.28. The quantitative estimate of drug-likeness (QED) is 0.824. The van der Waals surface area contributed by atoms with Crippen LogP contribution in [0, 0.1) is 0 Å². The van der Waals surface area contributed by atoms with Crippen molar-refractivity contribution in [2.45, 2.75) is 13.0 Å². The Morgan fingerprint density at radius 3 is 2.94 bits per heavy atom. The van der Waals surface area contributed by atoms with Gasteiger partial charge in [0.15, 0.2) is 11.5 Å². The SMILES string of the molecule is COc1cc(CN(C)CCCN)cc2c1OCO2. The summed E-state index contributed by atoms with van der Waals surface area (Å²) in [6.45, 7) is 2.80. The van der Waals surface area contributed by atoms with Gasteiger partial charge in [0.1, 0.15) is 0 Å². The van der Waals surface area contributed by atoms with Crippen molar-refractivity contribution in [2.75, 3.05) is 34.0 Å². The van der Waals surface area contributed by atoms with Gasteiger partial charge in [-0.15, -0.1) is 0 Å². The molecule has 1 aromatic carbocycles. The summed E-state index contributed by atoms with van der Waals surface area (Å²) in [6, 6.07) is 4.00. The Hall–Kier alpha value is -1.46. The Morgan fingerprint density at radius 2 is 2.22 bits per heavy atom. The number of methoxy groups -OCH3 is 1. The van der Waals surface area contributed by atoms with Crippen molar-refractivity contribution >= 4 is 0 Å². The molecule has 1 aliphatic rings. The smallest absolute Gasteiger partial charge is 0.231 e. The van der Waals surface area contributed by atoms with Crippen molar-refractivity contribution in [3.05, 3.63) is 17.7 Å². The fourth-order valence-corrected chi connectivity index (χ4v) is 2.03. The predicted molar refractivity (Wildman–Crippen MR) is 69.1 cm³/mol. The Labute approximate surface area is 107 Å². The summed E-state index contributed by atoms with van der Waals surface area (Å²) < 4.78 is 16.1. The lowest BCUT2D eigenvalue weighted by Gasteiger charge is -2.17. The molecule has 1 aliphatic heterocycles. The average molecular weight is 252 g/mol. The van der Waals surface area contributed by atoms with Gasteiger partial charge >= 0.3 is 0 Å².